The van der Waals surface area contributed by atoms with Crippen LogP contribution in [0.3, 0.4) is 0 Å². The van der Waals surface area contributed by atoms with Crippen LogP contribution in [0.4, 0.5) is 4.39 Å². The van der Waals surface area contributed by atoms with Crippen LogP contribution in [0.5, 0.6) is 11.6 Å². The van der Waals surface area contributed by atoms with Crippen molar-refractivity contribution < 1.29 is 18.4 Å². The van der Waals surface area contributed by atoms with E-state index in [2.05, 4.69) is 0 Å². The molecule has 0 saturated carbocycles. The van der Waals surface area contributed by atoms with Crippen LogP contribution in [0.1, 0.15) is 5.69 Å². The van der Waals surface area contributed by atoms with Gasteiger partial charge in [0.1, 0.15) is 7.05 Å². The second-order valence-electron chi connectivity index (χ2n) is 2.74. The van der Waals surface area contributed by atoms with E-state index in [0.29, 0.717) is 0 Å². The van der Waals surface area contributed by atoms with Crippen molar-refractivity contribution in [3.05, 3.63) is 17.6 Å². The zero-order valence-corrected chi connectivity index (χ0v) is 8.22. The molecule has 1 aromatic heterocycles. The van der Waals surface area contributed by atoms with E-state index in [9.17, 15) is 4.39 Å². The second-order valence-corrected chi connectivity index (χ2v) is 2.74. The highest BCUT2D eigenvalue weighted by atomic mass is 19.1. The molecule has 3 nitrogen and oxygen atoms in total. The Bertz CT molecular complexity index is 326. The highest BCUT2D eigenvalue weighted by Gasteiger charge is 2.22. The number of pyridine rings is 1. The minimum Gasteiger partial charge on any atom is -0.493 e. The van der Waals surface area contributed by atoms with Gasteiger partial charge >= 0.3 is 5.88 Å². The van der Waals surface area contributed by atoms with E-state index in [-0.39, 0.29) is 11.6 Å². The molecule has 0 radical (unpaired) electrons. The predicted molar refractivity (Wildman–Crippen MR) is 45.4 cm³/mol. The molecule has 0 aliphatic rings. The van der Waals surface area contributed by atoms with Crippen molar-refractivity contribution >= 4 is 0 Å². The molecule has 1 rings (SSSR count). The summed E-state index contributed by atoms with van der Waals surface area (Å²) in [7, 11) is 4.59. The Morgan fingerprint density at radius 2 is 1.92 bits per heavy atom. The van der Waals surface area contributed by atoms with E-state index in [1.54, 1.807) is 17.7 Å². The van der Waals surface area contributed by atoms with Gasteiger partial charge in [-0.3, -0.25) is 0 Å². The van der Waals surface area contributed by atoms with E-state index in [4.69, 9.17) is 9.47 Å². The lowest BCUT2D eigenvalue weighted by Crippen LogP contribution is -2.35. The number of nitrogens with zero attached hydrogens (tertiary/aromatic N) is 1. The van der Waals surface area contributed by atoms with Crippen LogP contribution in [0.2, 0.25) is 0 Å². The third-order valence-electron chi connectivity index (χ3n) is 1.99. The maximum atomic E-state index is 13.4. The van der Waals surface area contributed by atoms with Crippen LogP contribution < -0.4 is 14.0 Å². The van der Waals surface area contributed by atoms with E-state index < -0.39 is 5.82 Å². The molecule has 1 aromatic rings. The number of hydrogen-bond donors (Lipinski definition) is 0. The number of aromatic nitrogens is 1. The second kappa shape index (κ2) is 3.60. The zero-order valence-electron chi connectivity index (χ0n) is 8.22. The average Bonchev–Trinajstić information content (AvgIpc) is 2.12. The third kappa shape index (κ3) is 1.56. The lowest BCUT2D eigenvalue weighted by Gasteiger charge is -2.05. The smallest absolute Gasteiger partial charge is 0.408 e. The van der Waals surface area contributed by atoms with Gasteiger partial charge in [-0.2, -0.15) is 8.96 Å². The molecule has 0 spiro atoms. The Morgan fingerprint density at radius 1 is 1.31 bits per heavy atom. The Balaban J connectivity index is 3.39. The van der Waals surface area contributed by atoms with Crippen LogP contribution in [-0.2, 0) is 7.05 Å². The lowest BCUT2D eigenvalue weighted by atomic mass is 10.3. The van der Waals surface area contributed by atoms with Gasteiger partial charge in [-0.15, -0.1) is 0 Å². The van der Waals surface area contributed by atoms with Crippen LogP contribution >= 0.6 is 0 Å². The standard InChI is InChI=1S/C9H13FNO2/c1-6-5-7(12-3)8(10)9(13-4)11(6)2/h5H,1-4H3/q+1. The molecule has 0 aromatic carbocycles. The molecule has 0 saturated heterocycles. The largest absolute Gasteiger partial charge is 0.493 e. The fourth-order valence-corrected chi connectivity index (χ4v) is 1.14. The summed E-state index contributed by atoms with van der Waals surface area (Å²) in [5.41, 5.74) is 0.870. The zero-order chi connectivity index (χ0) is 10.0. The Kier molecular flexibility index (Phi) is 2.70. The normalized spacial score (nSPS) is 9.92. The molecule has 0 atom stereocenters. The molecule has 0 fully saturated rings. The fraction of sp³-hybridized carbons (Fsp3) is 0.444. The van der Waals surface area contributed by atoms with Gasteiger partial charge in [0, 0.05) is 6.92 Å². The molecule has 13 heavy (non-hydrogen) atoms. The molecular formula is C9H13FNO2+. The number of halogens is 1. The summed E-state index contributed by atoms with van der Waals surface area (Å²) in [5, 5.41) is 0. The third-order valence-corrected chi connectivity index (χ3v) is 1.99. The summed E-state index contributed by atoms with van der Waals surface area (Å²) in [6, 6.07) is 1.62. The molecule has 0 bridgehead atoms. The van der Waals surface area contributed by atoms with E-state index in [1.807, 2.05) is 6.92 Å². The number of methoxy groups -OCH3 is 2. The summed E-state index contributed by atoms with van der Waals surface area (Å²) in [5.74, 6) is -0.0950. The topological polar surface area (TPSA) is 22.3 Å². The molecule has 0 aliphatic carbocycles. The number of rotatable bonds is 2. The molecule has 0 N–H and O–H groups in total. The van der Waals surface area contributed by atoms with Gasteiger partial charge < -0.3 is 9.47 Å². The summed E-state index contributed by atoms with van der Waals surface area (Å²) < 4.78 is 24.8. The van der Waals surface area contributed by atoms with Crippen LogP contribution in [0, 0.1) is 12.7 Å². The van der Waals surface area contributed by atoms with Crippen LogP contribution in [0.15, 0.2) is 6.07 Å². The van der Waals surface area contributed by atoms with Crippen LogP contribution in [-0.4, -0.2) is 14.2 Å². The maximum Gasteiger partial charge on any atom is 0.408 e. The van der Waals surface area contributed by atoms with Crippen molar-refractivity contribution in [2.75, 3.05) is 14.2 Å². The summed E-state index contributed by atoms with van der Waals surface area (Å²) in [4.78, 5) is 0. The van der Waals surface area contributed by atoms with Gasteiger partial charge in [-0.1, -0.05) is 0 Å². The Morgan fingerprint density at radius 3 is 2.38 bits per heavy atom. The van der Waals surface area contributed by atoms with Crippen molar-refractivity contribution in [2.24, 2.45) is 7.05 Å². The highest BCUT2D eigenvalue weighted by molar-refractivity contribution is 5.28. The van der Waals surface area contributed by atoms with Crippen molar-refractivity contribution in [3.63, 3.8) is 0 Å². The minimum atomic E-state index is -0.474. The first-order chi connectivity index (χ1) is 6.11. The molecule has 0 aliphatic heterocycles. The first-order valence-electron chi connectivity index (χ1n) is 3.89. The van der Waals surface area contributed by atoms with E-state index in [0.717, 1.165) is 5.69 Å². The van der Waals surface area contributed by atoms with Gasteiger partial charge in [0.05, 0.1) is 20.3 Å². The average molecular weight is 186 g/mol. The summed E-state index contributed by atoms with van der Waals surface area (Å²) in [6.45, 7) is 1.85. The van der Waals surface area contributed by atoms with Gasteiger partial charge in [0.25, 0.3) is 5.82 Å². The molecule has 1 heterocycles. The monoisotopic (exact) mass is 186 g/mol. The quantitative estimate of drug-likeness (QED) is 0.642. The van der Waals surface area contributed by atoms with Gasteiger partial charge in [0.2, 0.25) is 0 Å². The van der Waals surface area contributed by atoms with E-state index >= 15 is 0 Å². The van der Waals surface area contributed by atoms with E-state index in [1.165, 1.54) is 14.2 Å². The SMILES string of the molecule is COc1cc(C)[n+](C)c(OC)c1F. The first kappa shape index (κ1) is 9.77. The highest BCUT2D eigenvalue weighted by Crippen LogP contribution is 2.23. The van der Waals surface area contributed by atoms with Crippen molar-refractivity contribution in [2.45, 2.75) is 6.92 Å². The molecular weight excluding hydrogens is 173 g/mol. The van der Waals surface area contributed by atoms with Gasteiger partial charge in [-0.05, 0) is 0 Å². The fourth-order valence-electron chi connectivity index (χ4n) is 1.14. The van der Waals surface area contributed by atoms with Gasteiger partial charge in [0.15, 0.2) is 11.4 Å². The number of ether oxygens (including phenoxy) is 2. The molecule has 4 heteroatoms. The molecule has 72 valence electrons. The predicted octanol–water partition coefficient (Wildman–Crippen LogP) is 0.976. The Labute approximate surface area is 76.7 Å². The number of hydrogen-bond acceptors (Lipinski definition) is 2. The number of aryl methyl sites for hydroxylation is 1. The maximum absolute atomic E-state index is 13.4. The van der Waals surface area contributed by atoms with Gasteiger partial charge in [-0.25, -0.2) is 0 Å². The van der Waals surface area contributed by atoms with Crippen LogP contribution in [0.25, 0.3) is 0 Å². The van der Waals surface area contributed by atoms with Crippen molar-refractivity contribution in [1.82, 2.24) is 0 Å². The molecule has 0 amide bonds. The molecule has 0 unspecified atom stereocenters. The Hall–Kier alpha value is -1.32. The summed E-state index contributed by atoms with van der Waals surface area (Å²) in [6.07, 6.45) is 0. The summed E-state index contributed by atoms with van der Waals surface area (Å²) >= 11 is 0. The van der Waals surface area contributed by atoms with Crippen molar-refractivity contribution in [3.8, 4) is 11.6 Å². The van der Waals surface area contributed by atoms with Crippen molar-refractivity contribution in [1.29, 1.82) is 0 Å². The first-order valence-corrected chi connectivity index (χ1v) is 3.89. The lowest BCUT2D eigenvalue weighted by molar-refractivity contribution is -0.684. The minimum absolute atomic E-state index is 0.178.